The molecular formula is C15H24N2O3S. The van der Waals surface area contributed by atoms with Crippen molar-refractivity contribution in [2.24, 2.45) is 5.92 Å². The molecule has 2 rings (SSSR count). The topological polar surface area (TPSA) is 58.6 Å². The molecule has 1 saturated heterocycles. The molecule has 1 N–H and O–H groups in total. The summed E-state index contributed by atoms with van der Waals surface area (Å²) >= 11 is 0. The molecule has 1 unspecified atom stereocenters. The standard InChI is InChI=1S/C15H24N2O3S/c1-3-16-14-8-4-5-9-15(14)21(18,19)17(2)11-13-7-6-10-20-12-13/h4-5,8-9,13,16H,3,6-7,10-12H2,1-2H3. The van der Waals surface area contributed by atoms with Gasteiger partial charge in [0.05, 0.1) is 12.3 Å². The maximum absolute atomic E-state index is 12.7. The van der Waals surface area contributed by atoms with Crippen LogP contribution in [0.15, 0.2) is 29.2 Å². The lowest BCUT2D eigenvalue weighted by molar-refractivity contribution is 0.0495. The van der Waals surface area contributed by atoms with Gasteiger partial charge in [-0.15, -0.1) is 0 Å². The molecule has 0 bridgehead atoms. The van der Waals surface area contributed by atoms with E-state index in [0.29, 0.717) is 30.3 Å². The Balaban J connectivity index is 2.16. The molecule has 1 aliphatic rings. The van der Waals surface area contributed by atoms with Gasteiger partial charge in [0.25, 0.3) is 0 Å². The predicted molar refractivity (Wildman–Crippen MR) is 84.0 cm³/mol. The van der Waals surface area contributed by atoms with Crippen LogP contribution in [-0.2, 0) is 14.8 Å². The molecule has 118 valence electrons. The van der Waals surface area contributed by atoms with Crippen LogP contribution < -0.4 is 5.32 Å². The van der Waals surface area contributed by atoms with Gasteiger partial charge >= 0.3 is 0 Å². The molecule has 1 aliphatic heterocycles. The molecule has 1 fully saturated rings. The molecule has 1 aromatic carbocycles. The fraction of sp³-hybridized carbons (Fsp3) is 0.600. The molecule has 6 heteroatoms. The highest BCUT2D eigenvalue weighted by Crippen LogP contribution is 2.25. The molecule has 5 nitrogen and oxygen atoms in total. The van der Waals surface area contributed by atoms with E-state index in [1.165, 1.54) is 4.31 Å². The Morgan fingerprint density at radius 3 is 2.81 bits per heavy atom. The van der Waals surface area contributed by atoms with Crippen molar-refractivity contribution in [2.45, 2.75) is 24.7 Å². The van der Waals surface area contributed by atoms with Gasteiger partial charge in [-0.25, -0.2) is 12.7 Å². The number of nitrogens with zero attached hydrogens (tertiary/aromatic N) is 1. The number of nitrogens with one attached hydrogen (secondary N) is 1. The fourth-order valence-electron chi connectivity index (χ4n) is 2.61. The summed E-state index contributed by atoms with van der Waals surface area (Å²) in [5.41, 5.74) is 0.659. The second-order valence-corrected chi connectivity index (χ2v) is 7.41. The molecule has 1 atom stereocenters. The maximum atomic E-state index is 12.7. The predicted octanol–water partition coefficient (Wildman–Crippen LogP) is 2.17. The van der Waals surface area contributed by atoms with Crippen molar-refractivity contribution in [3.63, 3.8) is 0 Å². The quantitative estimate of drug-likeness (QED) is 0.874. The third-order valence-electron chi connectivity index (χ3n) is 3.71. The molecular weight excluding hydrogens is 288 g/mol. The van der Waals surface area contributed by atoms with Crippen molar-refractivity contribution in [2.75, 3.05) is 38.7 Å². The third kappa shape index (κ3) is 3.96. The summed E-state index contributed by atoms with van der Waals surface area (Å²) in [5.74, 6) is 0.282. The molecule has 0 spiro atoms. The molecule has 0 saturated carbocycles. The third-order valence-corrected chi connectivity index (χ3v) is 5.59. The van der Waals surface area contributed by atoms with Crippen LogP contribution in [0.4, 0.5) is 5.69 Å². The summed E-state index contributed by atoms with van der Waals surface area (Å²) in [6.45, 7) is 4.58. The zero-order chi connectivity index (χ0) is 15.3. The van der Waals surface area contributed by atoms with Gasteiger partial charge in [0.1, 0.15) is 4.90 Å². The number of benzene rings is 1. The summed E-state index contributed by atoms with van der Waals surface area (Å²) in [6.07, 6.45) is 2.03. The number of sulfonamides is 1. The van der Waals surface area contributed by atoms with E-state index in [1.54, 1.807) is 25.2 Å². The minimum Gasteiger partial charge on any atom is -0.384 e. The van der Waals surface area contributed by atoms with E-state index in [4.69, 9.17) is 4.74 Å². The highest BCUT2D eigenvalue weighted by atomic mass is 32.2. The first kappa shape index (κ1) is 16.3. The maximum Gasteiger partial charge on any atom is 0.244 e. The molecule has 1 heterocycles. The number of ether oxygens (including phenoxy) is 1. The van der Waals surface area contributed by atoms with Crippen molar-refractivity contribution >= 4 is 15.7 Å². The number of hydrogen-bond donors (Lipinski definition) is 1. The first-order valence-corrected chi connectivity index (χ1v) is 8.86. The highest BCUT2D eigenvalue weighted by molar-refractivity contribution is 7.89. The van der Waals surface area contributed by atoms with E-state index in [-0.39, 0.29) is 5.92 Å². The van der Waals surface area contributed by atoms with Gasteiger partial charge in [0, 0.05) is 26.7 Å². The Labute approximate surface area is 127 Å². The van der Waals surface area contributed by atoms with Crippen LogP contribution in [0.3, 0.4) is 0 Å². The highest BCUT2D eigenvalue weighted by Gasteiger charge is 2.26. The van der Waals surface area contributed by atoms with E-state index in [0.717, 1.165) is 19.4 Å². The van der Waals surface area contributed by atoms with Crippen LogP contribution in [-0.4, -0.2) is 46.1 Å². The molecule has 1 aromatic rings. The average Bonchev–Trinajstić information content (AvgIpc) is 2.49. The Kier molecular flexibility index (Phi) is 5.61. The monoisotopic (exact) mass is 312 g/mol. The Morgan fingerprint density at radius 1 is 1.38 bits per heavy atom. The number of anilines is 1. The number of hydrogen-bond acceptors (Lipinski definition) is 4. The van der Waals surface area contributed by atoms with E-state index in [1.807, 2.05) is 13.0 Å². The lowest BCUT2D eigenvalue weighted by Gasteiger charge is -2.27. The Hall–Kier alpha value is -1.11. The Morgan fingerprint density at radius 2 is 2.14 bits per heavy atom. The lowest BCUT2D eigenvalue weighted by atomic mass is 10.0. The van der Waals surface area contributed by atoms with Gasteiger partial charge in [-0.05, 0) is 37.8 Å². The normalized spacial score (nSPS) is 19.7. The molecule has 0 radical (unpaired) electrons. The van der Waals surface area contributed by atoms with Crippen LogP contribution in [0, 0.1) is 5.92 Å². The fourth-order valence-corrected chi connectivity index (χ4v) is 4.02. The second kappa shape index (κ2) is 7.24. The smallest absolute Gasteiger partial charge is 0.244 e. The lowest BCUT2D eigenvalue weighted by Crippen LogP contribution is -2.35. The van der Waals surface area contributed by atoms with Crippen molar-refractivity contribution in [3.05, 3.63) is 24.3 Å². The first-order valence-electron chi connectivity index (χ1n) is 7.42. The van der Waals surface area contributed by atoms with Crippen LogP contribution >= 0.6 is 0 Å². The van der Waals surface area contributed by atoms with Gasteiger partial charge in [0.2, 0.25) is 10.0 Å². The van der Waals surface area contributed by atoms with Gasteiger partial charge in [0.15, 0.2) is 0 Å². The van der Waals surface area contributed by atoms with E-state index < -0.39 is 10.0 Å². The SMILES string of the molecule is CCNc1ccccc1S(=O)(=O)N(C)CC1CCCOC1. The van der Waals surface area contributed by atoms with Crippen molar-refractivity contribution in [1.29, 1.82) is 0 Å². The molecule has 0 amide bonds. The summed E-state index contributed by atoms with van der Waals surface area (Å²) in [4.78, 5) is 0.339. The molecule has 0 aromatic heterocycles. The second-order valence-electron chi connectivity index (χ2n) is 5.40. The minimum absolute atomic E-state index is 0.282. The van der Waals surface area contributed by atoms with Crippen molar-refractivity contribution in [1.82, 2.24) is 4.31 Å². The summed E-state index contributed by atoms with van der Waals surface area (Å²) in [5, 5.41) is 3.11. The minimum atomic E-state index is -3.48. The molecule has 21 heavy (non-hydrogen) atoms. The van der Waals surface area contributed by atoms with Crippen molar-refractivity contribution < 1.29 is 13.2 Å². The van der Waals surface area contributed by atoms with Crippen LogP contribution in [0.2, 0.25) is 0 Å². The van der Waals surface area contributed by atoms with Gasteiger partial charge in [-0.1, -0.05) is 12.1 Å². The van der Waals surface area contributed by atoms with E-state index in [9.17, 15) is 8.42 Å². The largest absolute Gasteiger partial charge is 0.384 e. The summed E-state index contributed by atoms with van der Waals surface area (Å²) in [6, 6.07) is 7.05. The van der Waals surface area contributed by atoms with Crippen LogP contribution in [0.1, 0.15) is 19.8 Å². The van der Waals surface area contributed by atoms with Crippen LogP contribution in [0.25, 0.3) is 0 Å². The van der Waals surface area contributed by atoms with Gasteiger partial charge in [-0.3, -0.25) is 0 Å². The zero-order valence-electron chi connectivity index (χ0n) is 12.7. The Bertz CT molecular complexity index is 554. The van der Waals surface area contributed by atoms with Crippen molar-refractivity contribution in [3.8, 4) is 0 Å². The number of rotatable bonds is 6. The van der Waals surface area contributed by atoms with Gasteiger partial charge < -0.3 is 10.1 Å². The first-order chi connectivity index (χ1) is 10.1. The number of para-hydroxylation sites is 1. The summed E-state index contributed by atoms with van der Waals surface area (Å²) < 4.78 is 32.4. The summed E-state index contributed by atoms with van der Waals surface area (Å²) in [7, 11) is -1.83. The zero-order valence-corrected chi connectivity index (χ0v) is 13.5. The van der Waals surface area contributed by atoms with Crippen LogP contribution in [0.5, 0.6) is 0 Å². The van der Waals surface area contributed by atoms with Gasteiger partial charge in [-0.2, -0.15) is 0 Å². The van der Waals surface area contributed by atoms with E-state index >= 15 is 0 Å². The van der Waals surface area contributed by atoms with E-state index in [2.05, 4.69) is 5.32 Å². The molecule has 0 aliphatic carbocycles. The average molecular weight is 312 g/mol.